The Kier molecular flexibility index (Phi) is 12.2. The van der Waals surface area contributed by atoms with E-state index in [1.807, 2.05) is 20.8 Å². The first kappa shape index (κ1) is 26.8. The van der Waals surface area contributed by atoms with E-state index in [1.165, 1.54) is 11.3 Å². The van der Waals surface area contributed by atoms with Crippen LogP contribution < -0.4 is 15.4 Å². The van der Waals surface area contributed by atoms with Gasteiger partial charge in [-0.15, -0.1) is 35.3 Å². The second-order valence-electron chi connectivity index (χ2n) is 6.82. The maximum absolute atomic E-state index is 12.3. The molecule has 7 nitrogen and oxygen atoms in total. The number of thiophene rings is 1. The summed E-state index contributed by atoms with van der Waals surface area (Å²) < 4.78 is 39.6. The summed E-state index contributed by atoms with van der Waals surface area (Å²) in [5.41, 5.74) is 0. The van der Waals surface area contributed by atoms with E-state index in [9.17, 15) is 12.6 Å². The first-order valence-electron chi connectivity index (χ1n) is 9.83. The van der Waals surface area contributed by atoms with Gasteiger partial charge in [0.25, 0.3) is 0 Å². The zero-order chi connectivity index (χ0) is 20.6. The number of sulfonamides is 1. The molecule has 0 amide bonds. The Balaban J connectivity index is 0.00000420. The van der Waals surface area contributed by atoms with Gasteiger partial charge in [0.2, 0.25) is 10.0 Å². The van der Waals surface area contributed by atoms with Crippen LogP contribution in [-0.2, 0) is 20.8 Å². The van der Waals surface area contributed by atoms with Gasteiger partial charge in [-0.3, -0.25) is 9.20 Å². The van der Waals surface area contributed by atoms with E-state index >= 15 is 0 Å². The van der Waals surface area contributed by atoms with Crippen LogP contribution >= 0.6 is 35.3 Å². The number of guanidine groups is 1. The largest absolute Gasteiger partial charge is 0.357 e. The highest BCUT2D eigenvalue weighted by Gasteiger charge is 2.26. The second-order valence-corrected chi connectivity index (χ2v) is 12.1. The molecule has 1 aliphatic carbocycles. The quantitative estimate of drug-likeness (QED) is 0.182. The zero-order valence-electron chi connectivity index (χ0n) is 17.3. The highest BCUT2D eigenvalue weighted by atomic mass is 127. The molecule has 3 atom stereocenters. The molecule has 168 valence electrons. The predicted octanol–water partition coefficient (Wildman–Crippen LogP) is 2.59. The van der Waals surface area contributed by atoms with Crippen LogP contribution in [0.25, 0.3) is 0 Å². The molecule has 0 saturated heterocycles. The lowest BCUT2D eigenvalue weighted by molar-refractivity contribution is 0.413. The Morgan fingerprint density at radius 2 is 2.07 bits per heavy atom. The van der Waals surface area contributed by atoms with Crippen LogP contribution in [0.5, 0.6) is 0 Å². The van der Waals surface area contributed by atoms with E-state index in [1.54, 1.807) is 12.1 Å². The summed E-state index contributed by atoms with van der Waals surface area (Å²) in [6.07, 6.45) is 4.01. The van der Waals surface area contributed by atoms with E-state index in [2.05, 4.69) is 20.3 Å². The van der Waals surface area contributed by atoms with Crippen molar-refractivity contribution in [3.63, 3.8) is 0 Å². The molecule has 1 saturated carbocycles. The van der Waals surface area contributed by atoms with Crippen molar-refractivity contribution in [2.75, 3.05) is 25.4 Å². The standard InChI is InChI=1S/C18H32N4O3S3.HI/c1-4-19-18(22-15-7-6-8-16(13-15)27(23)5-2)20-11-12-21-28(24,25)17-10-9-14(3)26-17;/h9-10,15-16,21H,4-8,11-13H2,1-3H3,(H2,19,20,22);1H. The number of aryl methyl sites for hydroxylation is 1. The van der Waals surface area contributed by atoms with Crippen LogP contribution in [-0.4, -0.2) is 55.3 Å². The van der Waals surface area contributed by atoms with Gasteiger partial charge in [-0.1, -0.05) is 13.3 Å². The van der Waals surface area contributed by atoms with Crippen molar-refractivity contribution in [3.05, 3.63) is 17.0 Å². The number of rotatable bonds is 9. The van der Waals surface area contributed by atoms with Gasteiger partial charge < -0.3 is 10.6 Å². The van der Waals surface area contributed by atoms with Crippen molar-refractivity contribution in [1.29, 1.82) is 0 Å². The predicted molar refractivity (Wildman–Crippen MR) is 134 cm³/mol. The summed E-state index contributed by atoms with van der Waals surface area (Å²) in [7, 11) is -4.23. The fraction of sp³-hybridized carbons (Fsp3) is 0.722. The maximum atomic E-state index is 12.3. The molecule has 3 unspecified atom stereocenters. The minimum Gasteiger partial charge on any atom is -0.357 e. The Bertz CT molecular complexity index is 783. The molecule has 2 rings (SSSR count). The molecule has 0 bridgehead atoms. The number of hydrogen-bond acceptors (Lipinski definition) is 5. The molecule has 1 heterocycles. The van der Waals surface area contributed by atoms with E-state index in [0.29, 0.717) is 22.5 Å². The summed E-state index contributed by atoms with van der Waals surface area (Å²) >= 11 is 1.26. The van der Waals surface area contributed by atoms with Crippen LogP contribution in [0, 0.1) is 6.92 Å². The molecule has 1 aromatic heterocycles. The van der Waals surface area contributed by atoms with Crippen molar-refractivity contribution in [3.8, 4) is 0 Å². The molecule has 0 aromatic carbocycles. The van der Waals surface area contributed by atoms with E-state index < -0.39 is 20.8 Å². The van der Waals surface area contributed by atoms with Crippen molar-refractivity contribution >= 4 is 62.1 Å². The van der Waals surface area contributed by atoms with Gasteiger partial charge >= 0.3 is 0 Å². The number of nitrogens with zero attached hydrogens (tertiary/aromatic N) is 1. The van der Waals surface area contributed by atoms with Crippen LogP contribution in [0.3, 0.4) is 0 Å². The lowest BCUT2D eigenvalue weighted by Crippen LogP contribution is -2.47. The summed E-state index contributed by atoms with van der Waals surface area (Å²) in [6, 6.07) is 3.67. The molecular formula is C18H33IN4O3S3. The normalized spacial score (nSPS) is 21.3. The van der Waals surface area contributed by atoms with Gasteiger partial charge in [-0.05, 0) is 45.2 Å². The molecule has 29 heavy (non-hydrogen) atoms. The molecule has 3 N–H and O–H groups in total. The number of aliphatic imine (C=N–C) groups is 1. The first-order valence-corrected chi connectivity index (χ1v) is 13.5. The smallest absolute Gasteiger partial charge is 0.250 e. The third kappa shape index (κ3) is 8.80. The van der Waals surface area contributed by atoms with Gasteiger partial charge in [-0.2, -0.15) is 0 Å². The lowest BCUT2D eigenvalue weighted by atomic mass is 9.95. The third-order valence-corrected chi connectivity index (χ3v) is 9.32. The Hall–Kier alpha value is -0.240. The molecule has 11 heteroatoms. The second kappa shape index (κ2) is 13.2. The zero-order valence-corrected chi connectivity index (χ0v) is 22.1. The minimum atomic E-state index is -3.47. The van der Waals surface area contributed by atoms with Gasteiger partial charge in [0.15, 0.2) is 5.96 Å². The van der Waals surface area contributed by atoms with Gasteiger partial charge in [0.05, 0.1) is 6.54 Å². The molecule has 0 spiro atoms. The number of halogens is 1. The fourth-order valence-corrected chi connectivity index (χ4v) is 6.94. The van der Waals surface area contributed by atoms with Gasteiger partial charge in [-0.25, -0.2) is 13.1 Å². The van der Waals surface area contributed by atoms with Crippen molar-refractivity contribution in [2.24, 2.45) is 4.99 Å². The van der Waals surface area contributed by atoms with Crippen LogP contribution in [0.1, 0.15) is 44.4 Å². The molecular weight excluding hydrogens is 543 g/mol. The van der Waals surface area contributed by atoms with Crippen LogP contribution in [0.15, 0.2) is 21.3 Å². The lowest BCUT2D eigenvalue weighted by Gasteiger charge is -2.30. The third-order valence-electron chi connectivity index (χ3n) is 4.62. The molecule has 1 fully saturated rings. The van der Waals surface area contributed by atoms with Crippen LogP contribution in [0.2, 0.25) is 0 Å². The topological polar surface area (TPSA) is 99.7 Å². The molecule has 1 aromatic rings. The molecule has 0 radical (unpaired) electrons. The Morgan fingerprint density at radius 3 is 2.69 bits per heavy atom. The monoisotopic (exact) mass is 576 g/mol. The summed E-state index contributed by atoms with van der Waals surface area (Å²) in [6.45, 7) is 7.16. The summed E-state index contributed by atoms with van der Waals surface area (Å²) in [5.74, 6) is 1.39. The Labute approximate surface area is 198 Å². The number of nitrogens with one attached hydrogen (secondary N) is 3. The molecule has 1 aliphatic rings. The average Bonchev–Trinajstić information content (AvgIpc) is 3.12. The maximum Gasteiger partial charge on any atom is 0.250 e. The highest BCUT2D eigenvalue weighted by Crippen LogP contribution is 2.23. The van der Waals surface area contributed by atoms with E-state index in [0.717, 1.165) is 37.1 Å². The molecule has 0 aliphatic heterocycles. The first-order chi connectivity index (χ1) is 13.4. The average molecular weight is 577 g/mol. The SMILES string of the molecule is CCNC(=NCCNS(=O)(=O)c1ccc(C)s1)NC1CCCC(S(=O)CC)C1.I. The van der Waals surface area contributed by atoms with Crippen molar-refractivity contribution < 1.29 is 12.6 Å². The summed E-state index contributed by atoms with van der Waals surface area (Å²) in [4.78, 5) is 5.46. The van der Waals surface area contributed by atoms with Gasteiger partial charge in [0, 0.05) is 45.8 Å². The fourth-order valence-electron chi connectivity index (χ4n) is 3.24. The van der Waals surface area contributed by atoms with E-state index in [4.69, 9.17) is 0 Å². The highest BCUT2D eigenvalue weighted by molar-refractivity contribution is 14.0. The summed E-state index contributed by atoms with van der Waals surface area (Å²) in [5, 5.41) is 6.89. The number of hydrogen-bond donors (Lipinski definition) is 3. The van der Waals surface area contributed by atoms with Crippen molar-refractivity contribution in [2.45, 2.75) is 62.0 Å². The van der Waals surface area contributed by atoms with E-state index in [-0.39, 0.29) is 41.8 Å². The van der Waals surface area contributed by atoms with Crippen molar-refractivity contribution in [1.82, 2.24) is 15.4 Å². The Morgan fingerprint density at radius 1 is 1.31 bits per heavy atom. The minimum absolute atomic E-state index is 0. The van der Waals surface area contributed by atoms with Crippen LogP contribution in [0.4, 0.5) is 0 Å². The van der Waals surface area contributed by atoms with Gasteiger partial charge in [0.1, 0.15) is 4.21 Å².